The van der Waals surface area contributed by atoms with E-state index in [1.54, 1.807) is 0 Å². The number of rotatable bonds is 9. The number of hydrogen-bond acceptors (Lipinski definition) is 3. The fourth-order valence-corrected chi connectivity index (χ4v) is 1.98. The summed E-state index contributed by atoms with van der Waals surface area (Å²) in [6.07, 6.45) is -2.75. The summed E-state index contributed by atoms with van der Waals surface area (Å²) >= 11 is 0. The number of hydrogen-bond donors (Lipinski definition) is 3. The molecule has 4 N–H and O–H groups in total. The molecule has 0 aliphatic heterocycles. The fourth-order valence-electron chi connectivity index (χ4n) is 1.98. The SMILES string of the molecule is CCCOc1ccc(C(F)(F)F)cc1NC(=O)CCCCNC(N)=O. The first-order valence-electron chi connectivity index (χ1n) is 7.91. The number of anilines is 1. The van der Waals surface area contributed by atoms with E-state index in [9.17, 15) is 22.8 Å². The van der Waals surface area contributed by atoms with Gasteiger partial charge in [0.1, 0.15) is 5.75 Å². The van der Waals surface area contributed by atoms with Crippen molar-refractivity contribution in [3.8, 4) is 5.75 Å². The van der Waals surface area contributed by atoms with Crippen molar-refractivity contribution in [3.05, 3.63) is 23.8 Å². The van der Waals surface area contributed by atoms with Crippen LogP contribution in [-0.4, -0.2) is 25.1 Å². The number of unbranched alkanes of at least 4 members (excludes halogenated alkanes) is 1. The summed E-state index contributed by atoms with van der Waals surface area (Å²) in [7, 11) is 0. The molecule has 140 valence electrons. The van der Waals surface area contributed by atoms with Gasteiger partial charge in [0.2, 0.25) is 5.91 Å². The molecule has 9 heteroatoms. The number of halogens is 3. The predicted octanol–water partition coefficient (Wildman–Crippen LogP) is 3.27. The molecule has 1 rings (SSSR count). The molecule has 0 saturated carbocycles. The molecule has 0 bridgehead atoms. The van der Waals surface area contributed by atoms with Gasteiger partial charge in [-0.25, -0.2) is 4.79 Å². The molecule has 0 fully saturated rings. The molecule has 0 unspecified atom stereocenters. The Bertz CT molecular complexity index is 592. The van der Waals surface area contributed by atoms with Crippen molar-refractivity contribution in [2.75, 3.05) is 18.5 Å². The lowest BCUT2D eigenvalue weighted by atomic mass is 10.1. The summed E-state index contributed by atoms with van der Waals surface area (Å²) in [6.45, 7) is 2.52. The minimum absolute atomic E-state index is 0.0106. The Morgan fingerprint density at radius 1 is 1.24 bits per heavy atom. The van der Waals surface area contributed by atoms with Gasteiger partial charge >= 0.3 is 12.2 Å². The molecular weight excluding hydrogens is 339 g/mol. The highest BCUT2D eigenvalue weighted by atomic mass is 19.4. The van der Waals surface area contributed by atoms with Crippen LogP contribution in [0.25, 0.3) is 0 Å². The average Bonchev–Trinajstić information content (AvgIpc) is 2.52. The lowest BCUT2D eigenvalue weighted by Crippen LogP contribution is -2.30. The van der Waals surface area contributed by atoms with Crippen LogP contribution in [0.15, 0.2) is 18.2 Å². The topological polar surface area (TPSA) is 93.4 Å². The summed E-state index contributed by atoms with van der Waals surface area (Å²) in [4.78, 5) is 22.4. The van der Waals surface area contributed by atoms with Gasteiger partial charge in [-0.1, -0.05) is 6.92 Å². The summed E-state index contributed by atoms with van der Waals surface area (Å²) in [5.74, 6) is -0.238. The second-order valence-corrected chi connectivity index (χ2v) is 5.35. The Morgan fingerprint density at radius 2 is 1.96 bits per heavy atom. The number of benzene rings is 1. The molecule has 6 nitrogen and oxygen atoms in total. The first-order valence-corrected chi connectivity index (χ1v) is 7.91. The average molecular weight is 361 g/mol. The van der Waals surface area contributed by atoms with Crippen molar-refractivity contribution in [2.24, 2.45) is 5.73 Å². The van der Waals surface area contributed by atoms with Crippen molar-refractivity contribution >= 4 is 17.6 Å². The van der Waals surface area contributed by atoms with E-state index in [0.717, 1.165) is 12.1 Å². The molecule has 25 heavy (non-hydrogen) atoms. The van der Waals surface area contributed by atoms with Crippen LogP contribution in [0.2, 0.25) is 0 Å². The fraction of sp³-hybridized carbons (Fsp3) is 0.500. The number of alkyl halides is 3. The number of carbonyl (C=O) groups is 2. The molecule has 0 aliphatic rings. The van der Waals surface area contributed by atoms with Gasteiger partial charge in [-0.05, 0) is 37.5 Å². The molecule has 0 spiro atoms. The summed E-state index contributed by atoms with van der Waals surface area (Å²) < 4.78 is 43.9. The number of amides is 3. The van der Waals surface area contributed by atoms with Crippen LogP contribution < -0.4 is 21.1 Å². The molecule has 0 aliphatic carbocycles. The second-order valence-electron chi connectivity index (χ2n) is 5.35. The van der Waals surface area contributed by atoms with Crippen LogP contribution in [0.3, 0.4) is 0 Å². The number of ether oxygens (including phenoxy) is 1. The van der Waals surface area contributed by atoms with Gasteiger partial charge in [0.05, 0.1) is 17.9 Å². The molecule has 0 radical (unpaired) electrons. The highest BCUT2D eigenvalue weighted by Crippen LogP contribution is 2.35. The van der Waals surface area contributed by atoms with Crippen molar-refractivity contribution in [1.82, 2.24) is 5.32 Å². The molecule has 3 amide bonds. The third-order valence-electron chi connectivity index (χ3n) is 3.17. The third kappa shape index (κ3) is 7.77. The number of urea groups is 1. The number of primary amides is 1. The van der Waals surface area contributed by atoms with Crippen LogP contribution in [0, 0.1) is 0 Å². The number of nitrogens with one attached hydrogen (secondary N) is 2. The molecule has 0 atom stereocenters. The number of carbonyl (C=O) groups excluding carboxylic acids is 2. The van der Waals surface area contributed by atoms with E-state index in [1.165, 1.54) is 6.07 Å². The van der Waals surface area contributed by atoms with Crippen LogP contribution in [-0.2, 0) is 11.0 Å². The van der Waals surface area contributed by atoms with E-state index < -0.39 is 23.7 Å². The molecule has 1 aromatic rings. The Balaban J connectivity index is 2.69. The Labute approximate surface area is 143 Å². The maximum Gasteiger partial charge on any atom is 0.416 e. The monoisotopic (exact) mass is 361 g/mol. The largest absolute Gasteiger partial charge is 0.491 e. The van der Waals surface area contributed by atoms with Crippen LogP contribution in [0.1, 0.15) is 38.2 Å². The zero-order valence-corrected chi connectivity index (χ0v) is 13.9. The number of nitrogens with two attached hydrogens (primary N) is 1. The molecular formula is C16H22F3N3O3. The van der Waals surface area contributed by atoms with Crippen LogP contribution >= 0.6 is 0 Å². The van der Waals surface area contributed by atoms with Crippen molar-refractivity contribution in [2.45, 2.75) is 38.8 Å². The van der Waals surface area contributed by atoms with Gasteiger partial charge in [-0.15, -0.1) is 0 Å². The first-order chi connectivity index (χ1) is 11.7. The maximum absolute atomic E-state index is 12.8. The molecule has 0 heterocycles. The van der Waals surface area contributed by atoms with Crippen molar-refractivity contribution < 1.29 is 27.5 Å². The maximum atomic E-state index is 12.8. The highest BCUT2D eigenvalue weighted by molar-refractivity contribution is 5.92. The lowest BCUT2D eigenvalue weighted by Gasteiger charge is -2.15. The van der Waals surface area contributed by atoms with Gasteiger partial charge in [-0.3, -0.25) is 4.79 Å². The van der Waals surface area contributed by atoms with Crippen LogP contribution in [0.4, 0.5) is 23.7 Å². The molecule has 1 aromatic carbocycles. The standard InChI is InChI=1S/C16H22F3N3O3/c1-2-9-25-13-7-6-11(16(17,18)19)10-12(13)22-14(23)5-3-4-8-21-15(20)24/h6-7,10H,2-5,8-9H2,1H3,(H,22,23)(H3,20,21,24). The van der Waals surface area contributed by atoms with Crippen LogP contribution in [0.5, 0.6) is 5.75 Å². The quantitative estimate of drug-likeness (QED) is 0.589. The van der Waals surface area contributed by atoms with E-state index in [-0.39, 0.29) is 17.9 Å². The van der Waals surface area contributed by atoms with Gasteiger partial charge in [-0.2, -0.15) is 13.2 Å². The lowest BCUT2D eigenvalue weighted by molar-refractivity contribution is -0.137. The van der Waals surface area contributed by atoms with E-state index in [4.69, 9.17) is 10.5 Å². The zero-order valence-electron chi connectivity index (χ0n) is 13.9. The normalized spacial score (nSPS) is 11.0. The summed E-state index contributed by atoms with van der Waals surface area (Å²) in [5, 5.41) is 4.84. The minimum Gasteiger partial charge on any atom is -0.491 e. The Kier molecular flexibility index (Phi) is 8.03. The van der Waals surface area contributed by atoms with Gasteiger partial charge in [0.15, 0.2) is 0 Å². The second kappa shape index (κ2) is 9.75. The van der Waals surface area contributed by atoms with Gasteiger partial charge in [0.25, 0.3) is 0 Å². The van der Waals surface area contributed by atoms with E-state index in [2.05, 4.69) is 10.6 Å². The zero-order chi connectivity index (χ0) is 18.9. The third-order valence-corrected chi connectivity index (χ3v) is 3.17. The van der Waals surface area contributed by atoms with E-state index in [0.29, 0.717) is 32.4 Å². The van der Waals surface area contributed by atoms with Gasteiger partial charge in [0, 0.05) is 13.0 Å². The van der Waals surface area contributed by atoms with E-state index in [1.807, 2.05) is 6.92 Å². The predicted molar refractivity (Wildman–Crippen MR) is 87.3 cm³/mol. The first kappa shape index (κ1) is 20.6. The Morgan fingerprint density at radius 3 is 2.56 bits per heavy atom. The molecule has 0 saturated heterocycles. The molecule has 0 aromatic heterocycles. The highest BCUT2D eigenvalue weighted by Gasteiger charge is 2.31. The summed E-state index contributed by atoms with van der Waals surface area (Å²) in [6, 6.07) is 2.32. The summed E-state index contributed by atoms with van der Waals surface area (Å²) in [5.41, 5.74) is 4.03. The smallest absolute Gasteiger partial charge is 0.416 e. The minimum atomic E-state index is -4.51. The van der Waals surface area contributed by atoms with Crippen molar-refractivity contribution in [3.63, 3.8) is 0 Å². The van der Waals surface area contributed by atoms with Gasteiger partial charge < -0.3 is 21.1 Å². The van der Waals surface area contributed by atoms with Crippen molar-refractivity contribution in [1.29, 1.82) is 0 Å². The Hall–Kier alpha value is -2.45. The van der Waals surface area contributed by atoms with E-state index >= 15 is 0 Å².